The Kier molecular flexibility index (Phi) is 9.56. The lowest BCUT2D eigenvalue weighted by molar-refractivity contribution is -0.133. The Balaban J connectivity index is 1.44. The number of hydroxylamine groups is 1. The number of benzene rings is 1. The van der Waals surface area contributed by atoms with E-state index in [1.807, 2.05) is 19.2 Å². The highest BCUT2D eigenvalue weighted by Crippen LogP contribution is 2.29. The van der Waals surface area contributed by atoms with Gasteiger partial charge >= 0.3 is 0 Å². The molecule has 1 aliphatic rings. The Morgan fingerprint density at radius 2 is 2.03 bits per heavy atom. The van der Waals surface area contributed by atoms with Gasteiger partial charge in [0.25, 0.3) is 0 Å². The molecule has 6 nitrogen and oxygen atoms in total. The molecule has 0 aliphatic carbocycles. The lowest BCUT2D eigenvalue weighted by Gasteiger charge is -2.32. The molecule has 0 radical (unpaired) electrons. The van der Waals surface area contributed by atoms with E-state index in [0.717, 1.165) is 63.0 Å². The number of unbranched alkanes of at least 4 members (excludes halogenated alkanes) is 2. The zero-order valence-electron chi connectivity index (χ0n) is 19.1. The van der Waals surface area contributed by atoms with Gasteiger partial charge in [0.1, 0.15) is 17.4 Å². The number of pyridine rings is 1. The maximum absolute atomic E-state index is 11.1. The highest BCUT2D eigenvalue weighted by Gasteiger charge is 2.21. The Bertz CT molecular complexity index is 819. The lowest BCUT2D eigenvalue weighted by Crippen LogP contribution is -2.38. The van der Waals surface area contributed by atoms with Gasteiger partial charge in [-0.3, -0.25) is 14.6 Å². The quantitative estimate of drug-likeness (QED) is 0.394. The summed E-state index contributed by atoms with van der Waals surface area (Å²) < 4.78 is 6.48. The number of hydrogen-bond donors (Lipinski definition) is 1. The molecular formula is C25H37N3O3. The van der Waals surface area contributed by atoms with Crippen LogP contribution in [0.4, 0.5) is 0 Å². The molecule has 31 heavy (non-hydrogen) atoms. The van der Waals surface area contributed by atoms with Crippen molar-refractivity contribution < 1.29 is 14.4 Å². The van der Waals surface area contributed by atoms with Crippen LogP contribution in [-0.4, -0.2) is 48.1 Å². The summed E-state index contributed by atoms with van der Waals surface area (Å²) in [7, 11) is 0. The highest BCUT2D eigenvalue weighted by molar-refractivity contribution is 5.85. The van der Waals surface area contributed by atoms with E-state index in [0.29, 0.717) is 13.0 Å². The molecule has 2 aromatic rings. The van der Waals surface area contributed by atoms with Crippen molar-refractivity contribution in [1.82, 2.24) is 15.4 Å². The topological polar surface area (TPSA) is 63.7 Å². The monoisotopic (exact) mass is 427 g/mol. The molecular weight excluding hydrogens is 390 g/mol. The van der Waals surface area contributed by atoms with Crippen LogP contribution in [0.25, 0.3) is 10.9 Å². The molecule has 0 unspecified atom stereocenters. The van der Waals surface area contributed by atoms with Gasteiger partial charge in [0, 0.05) is 31.1 Å². The van der Waals surface area contributed by atoms with Gasteiger partial charge in [-0.15, -0.1) is 0 Å². The summed E-state index contributed by atoms with van der Waals surface area (Å²) >= 11 is 0. The molecule has 0 saturated carbocycles. The second kappa shape index (κ2) is 12.6. The number of hydrogen-bond acceptors (Lipinski definition) is 5. The van der Waals surface area contributed by atoms with Crippen molar-refractivity contribution in [3.63, 3.8) is 0 Å². The van der Waals surface area contributed by atoms with Crippen LogP contribution in [0.2, 0.25) is 0 Å². The molecule has 6 heteroatoms. The number of aromatic nitrogens is 1. The van der Waals surface area contributed by atoms with Gasteiger partial charge in [-0.25, -0.2) is 5.48 Å². The van der Waals surface area contributed by atoms with Crippen LogP contribution in [0.1, 0.15) is 64.4 Å². The number of nitrogens with zero attached hydrogens (tertiary/aromatic N) is 2. The van der Waals surface area contributed by atoms with Gasteiger partial charge in [-0.2, -0.15) is 0 Å². The second-order valence-electron chi connectivity index (χ2n) is 8.37. The number of ether oxygens (including phenoxy) is 1. The van der Waals surface area contributed by atoms with Crippen LogP contribution in [0, 0.1) is 0 Å². The standard InChI is InChI=1S/C25H37N3O3/c1-3-5-9-20-18-21-10-8-13-26-25(21)23(19-20)31-22-11-15-28(16-12-22)14-6-7-17-30-27-24(29)4-2/h8,10,13,18-19,22H,3-7,9,11-12,14-17H2,1-2H3,(H,27,29). The minimum absolute atomic E-state index is 0.0686. The predicted octanol–water partition coefficient (Wildman–Crippen LogP) is 4.66. The minimum atomic E-state index is -0.0686. The molecule has 0 atom stereocenters. The van der Waals surface area contributed by atoms with Crippen molar-refractivity contribution in [3.8, 4) is 5.75 Å². The van der Waals surface area contributed by atoms with E-state index in [9.17, 15) is 4.79 Å². The minimum Gasteiger partial charge on any atom is -0.488 e. The molecule has 1 aliphatic heterocycles. The number of rotatable bonds is 12. The fourth-order valence-electron chi connectivity index (χ4n) is 3.98. The van der Waals surface area contributed by atoms with E-state index in [4.69, 9.17) is 9.57 Å². The first-order chi connectivity index (χ1) is 15.2. The summed E-state index contributed by atoms with van der Waals surface area (Å²) in [4.78, 5) is 23.4. The van der Waals surface area contributed by atoms with Crippen LogP contribution in [0.3, 0.4) is 0 Å². The van der Waals surface area contributed by atoms with Crippen molar-refractivity contribution in [2.75, 3.05) is 26.2 Å². The summed E-state index contributed by atoms with van der Waals surface area (Å²) in [6.45, 7) is 7.78. The van der Waals surface area contributed by atoms with E-state index >= 15 is 0 Å². The number of piperidine rings is 1. The predicted molar refractivity (Wildman–Crippen MR) is 124 cm³/mol. The Labute approximate surface area is 186 Å². The zero-order chi connectivity index (χ0) is 21.9. The summed E-state index contributed by atoms with van der Waals surface area (Å²) in [5.41, 5.74) is 4.77. The second-order valence-corrected chi connectivity index (χ2v) is 8.37. The molecule has 1 aromatic carbocycles. The van der Waals surface area contributed by atoms with Crippen LogP contribution in [-0.2, 0) is 16.1 Å². The first kappa shape index (κ1) is 23.5. The number of nitrogens with one attached hydrogen (secondary N) is 1. The molecule has 3 rings (SSSR count). The van der Waals surface area contributed by atoms with Crippen molar-refractivity contribution in [2.45, 2.75) is 71.3 Å². The number of fused-ring (bicyclic) bond motifs is 1. The molecule has 170 valence electrons. The number of aryl methyl sites for hydroxylation is 1. The fraction of sp³-hybridized carbons (Fsp3) is 0.600. The Morgan fingerprint density at radius 1 is 1.19 bits per heavy atom. The third-order valence-corrected chi connectivity index (χ3v) is 5.85. The molecule has 0 bridgehead atoms. The molecule has 1 aromatic heterocycles. The summed E-state index contributed by atoms with van der Waals surface area (Å²) in [5.74, 6) is 0.870. The average molecular weight is 428 g/mol. The van der Waals surface area contributed by atoms with Crippen molar-refractivity contribution in [3.05, 3.63) is 36.0 Å². The van der Waals surface area contributed by atoms with E-state index < -0.39 is 0 Å². The maximum atomic E-state index is 11.1. The molecule has 0 spiro atoms. The SMILES string of the molecule is CCCCc1cc(OC2CCN(CCCCONC(=O)CC)CC2)c2ncccc2c1. The van der Waals surface area contributed by atoms with E-state index in [-0.39, 0.29) is 12.0 Å². The van der Waals surface area contributed by atoms with E-state index in [1.165, 1.54) is 23.8 Å². The zero-order valence-corrected chi connectivity index (χ0v) is 19.1. The third kappa shape index (κ3) is 7.47. The molecule has 1 amide bonds. The number of amides is 1. The molecule has 1 N–H and O–H groups in total. The molecule has 1 saturated heterocycles. The largest absolute Gasteiger partial charge is 0.488 e. The first-order valence-corrected chi connectivity index (χ1v) is 11.9. The highest BCUT2D eigenvalue weighted by atomic mass is 16.6. The van der Waals surface area contributed by atoms with Crippen LogP contribution >= 0.6 is 0 Å². The van der Waals surface area contributed by atoms with E-state index in [2.05, 4.69) is 40.5 Å². The fourth-order valence-corrected chi connectivity index (χ4v) is 3.98. The summed E-state index contributed by atoms with van der Waals surface area (Å²) in [5, 5.41) is 1.17. The van der Waals surface area contributed by atoms with Crippen LogP contribution in [0.15, 0.2) is 30.5 Å². The third-order valence-electron chi connectivity index (χ3n) is 5.85. The number of carbonyl (C=O) groups is 1. The lowest BCUT2D eigenvalue weighted by atomic mass is 10.0. The maximum Gasteiger partial charge on any atom is 0.243 e. The number of likely N-dealkylation sites (tertiary alicyclic amines) is 1. The van der Waals surface area contributed by atoms with Gasteiger partial charge in [0.05, 0.1) is 6.61 Å². The van der Waals surface area contributed by atoms with Gasteiger partial charge in [0.15, 0.2) is 0 Å². The average Bonchev–Trinajstić information content (AvgIpc) is 2.80. The van der Waals surface area contributed by atoms with Crippen molar-refractivity contribution >= 4 is 16.8 Å². The Morgan fingerprint density at radius 3 is 2.81 bits per heavy atom. The van der Waals surface area contributed by atoms with Crippen LogP contribution in [0.5, 0.6) is 5.75 Å². The Hall–Kier alpha value is -2.18. The first-order valence-electron chi connectivity index (χ1n) is 11.9. The van der Waals surface area contributed by atoms with Gasteiger partial charge in [0.2, 0.25) is 5.91 Å². The summed E-state index contributed by atoms with van der Waals surface area (Å²) in [6, 6.07) is 8.58. The van der Waals surface area contributed by atoms with Gasteiger partial charge in [-0.05, 0) is 68.8 Å². The normalized spacial score (nSPS) is 15.3. The van der Waals surface area contributed by atoms with Gasteiger partial charge in [-0.1, -0.05) is 26.3 Å². The summed E-state index contributed by atoms with van der Waals surface area (Å²) in [6.07, 6.45) is 10.1. The smallest absolute Gasteiger partial charge is 0.243 e. The molecule has 2 heterocycles. The van der Waals surface area contributed by atoms with Crippen molar-refractivity contribution in [2.24, 2.45) is 0 Å². The van der Waals surface area contributed by atoms with Crippen molar-refractivity contribution in [1.29, 1.82) is 0 Å². The molecule has 1 fully saturated rings. The van der Waals surface area contributed by atoms with E-state index in [1.54, 1.807) is 0 Å². The number of carbonyl (C=O) groups excluding carboxylic acids is 1. The van der Waals surface area contributed by atoms with Gasteiger partial charge < -0.3 is 9.64 Å². The van der Waals surface area contributed by atoms with Crippen LogP contribution < -0.4 is 10.2 Å².